The minimum atomic E-state index is 0.252. The van der Waals surface area contributed by atoms with Gasteiger partial charge in [0.05, 0.1) is 11.1 Å². The Hall–Kier alpha value is -0.210. The number of hydrogen-bond acceptors (Lipinski definition) is 1. The average Bonchev–Trinajstić information content (AvgIpc) is 2.27. The van der Waals surface area contributed by atoms with E-state index < -0.39 is 0 Å². The number of benzene rings is 1. The lowest BCUT2D eigenvalue weighted by atomic mass is 10.2. The third-order valence-electron chi connectivity index (χ3n) is 2.39. The standard InChI is InChI=1S/C12H16BrClO/c1-3-10(4-2)15-12-9(8-13)6-5-7-11(12)14/h5-7,10H,3-4,8H2,1-2H3. The lowest BCUT2D eigenvalue weighted by Crippen LogP contribution is -2.14. The largest absolute Gasteiger partial charge is 0.489 e. The molecule has 84 valence electrons. The third-order valence-corrected chi connectivity index (χ3v) is 3.29. The molecule has 0 N–H and O–H groups in total. The Morgan fingerprint density at radius 3 is 2.53 bits per heavy atom. The number of para-hydroxylation sites is 1. The maximum absolute atomic E-state index is 6.12. The number of ether oxygens (including phenoxy) is 1. The molecule has 0 radical (unpaired) electrons. The van der Waals surface area contributed by atoms with Crippen molar-refractivity contribution >= 4 is 27.5 Å². The van der Waals surface area contributed by atoms with E-state index in [1.165, 1.54) is 0 Å². The van der Waals surface area contributed by atoms with E-state index in [-0.39, 0.29) is 6.10 Å². The summed E-state index contributed by atoms with van der Waals surface area (Å²) in [5.74, 6) is 0.824. The highest BCUT2D eigenvalue weighted by Crippen LogP contribution is 2.31. The third kappa shape index (κ3) is 3.39. The van der Waals surface area contributed by atoms with Gasteiger partial charge in [0.1, 0.15) is 5.75 Å². The predicted molar refractivity (Wildman–Crippen MR) is 69.1 cm³/mol. The lowest BCUT2D eigenvalue weighted by Gasteiger charge is -2.18. The summed E-state index contributed by atoms with van der Waals surface area (Å²) < 4.78 is 5.90. The van der Waals surface area contributed by atoms with Gasteiger partial charge in [0.15, 0.2) is 0 Å². The van der Waals surface area contributed by atoms with Gasteiger partial charge in [-0.1, -0.05) is 53.5 Å². The van der Waals surface area contributed by atoms with Crippen molar-refractivity contribution < 1.29 is 4.74 Å². The van der Waals surface area contributed by atoms with Gasteiger partial charge in [-0.15, -0.1) is 0 Å². The molecule has 1 aromatic rings. The van der Waals surface area contributed by atoms with E-state index >= 15 is 0 Å². The van der Waals surface area contributed by atoms with Crippen molar-refractivity contribution in [3.63, 3.8) is 0 Å². The van der Waals surface area contributed by atoms with Crippen molar-refractivity contribution in [2.24, 2.45) is 0 Å². The van der Waals surface area contributed by atoms with E-state index in [4.69, 9.17) is 16.3 Å². The van der Waals surface area contributed by atoms with Gasteiger partial charge in [-0.2, -0.15) is 0 Å². The van der Waals surface area contributed by atoms with Gasteiger partial charge in [0, 0.05) is 10.9 Å². The van der Waals surface area contributed by atoms with Gasteiger partial charge < -0.3 is 4.74 Å². The Morgan fingerprint density at radius 1 is 1.33 bits per heavy atom. The first-order valence-corrected chi connectivity index (χ1v) is 6.72. The molecule has 0 saturated carbocycles. The molecule has 0 unspecified atom stereocenters. The smallest absolute Gasteiger partial charge is 0.142 e. The topological polar surface area (TPSA) is 9.23 Å². The molecule has 0 amide bonds. The molecule has 0 atom stereocenters. The summed E-state index contributed by atoms with van der Waals surface area (Å²) in [6.45, 7) is 4.25. The normalized spacial score (nSPS) is 10.7. The Balaban J connectivity index is 2.91. The monoisotopic (exact) mass is 290 g/mol. The van der Waals surface area contributed by atoms with Gasteiger partial charge in [-0.25, -0.2) is 0 Å². The fourth-order valence-electron chi connectivity index (χ4n) is 1.41. The van der Waals surface area contributed by atoms with Gasteiger partial charge in [0.2, 0.25) is 0 Å². The fraction of sp³-hybridized carbons (Fsp3) is 0.500. The quantitative estimate of drug-likeness (QED) is 0.708. The van der Waals surface area contributed by atoms with Gasteiger partial charge >= 0.3 is 0 Å². The van der Waals surface area contributed by atoms with Crippen LogP contribution in [0, 0.1) is 0 Å². The van der Waals surface area contributed by atoms with E-state index in [1.54, 1.807) is 0 Å². The van der Waals surface area contributed by atoms with E-state index in [0.717, 1.165) is 29.5 Å². The molecule has 1 nitrogen and oxygen atoms in total. The van der Waals surface area contributed by atoms with Crippen LogP contribution in [0.25, 0.3) is 0 Å². The van der Waals surface area contributed by atoms with E-state index in [9.17, 15) is 0 Å². The zero-order chi connectivity index (χ0) is 11.3. The summed E-state index contributed by atoms with van der Waals surface area (Å²) in [4.78, 5) is 0. The fourth-order valence-corrected chi connectivity index (χ4v) is 2.09. The van der Waals surface area contributed by atoms with Crippen molar-refractivity contribution in [1.82, 2.24) is 0 Å². The summed E-state index contributed by atoms with van der Waals surface area (Å²) >= 11 is 9.56. The molecule has 1 rings (SSSR count). The highest BCUT2D eigenvalue weighted by atomic mass is 79.9. The predicted octanol–water partition coefficient (Wildman–Crippen LogP) is 4.80. The molecular weight excluding hydrogens is 275 g/mol. The molecule has 0 aliphatic rings. The van der Waals surface area contributed by atoms with E-state index in [2.05, 4.69) is 29.8 Å². The summed E-state index contributed by atoms with van der Waals surface area (Å²) in [7, 11) is 0. The van der Waals surface area contributed by atoms with Crippen molar-refractivity contribution in [2.45, 2.75) is 38.1 Å². The van der Waals surface area contributed by atoms with Crippen molar-refractivity contribution in [3.8, 4) is 5.75 Å². The summed E-state index contributed by atoms with van der Waals surface area (Å²) in [5.41, 5.74) is 1.11. The van der Waals surface area contributed by atoms with Crippen LogP contribution >= 0.6 is 27.5 Å². The lowest BCUT2D eigenvalue weighted by molar-refractivity contribution is 0.191. The highest BCUT2D eigenvalue weighted by Gasteiger charge is 2.12. The molecule has 1 aromatic carbocycles. The van der Waals surface area contributed by atoms with Gasteiger partial charge in [0.25, 0.3) is 0 Å². The van der Waals surface area contributed by atoms with Crippen LogP contribution in [0.4, 0.5) is 0 Å². The van der Waals surface area contributed by atoms with Gasteiger partial charge in [-0.05, 0) is 18.9 Å². The average molecular weight is 292 g/mol. The maximum atomic E-state index is 6.12. The minimum Gasteiger partial charge on any atom is -0.489 e. The summed E-state index contributed by atoms with van der Waals surface area (Å²) in [5, 5.41) is 1.46. The Kier molecular flexibility index (Phi) is 5.48. The second-order valence-electron chi connectivity index (χ2n) is 3.42. The zero-order valence-corrected chi connectivity index (χ0v) is 11.4. The first-order valence-electron chi connectivity index (χ1n) is 5.22. The van der Waals surface area contributed by atoms with E-state index in [1.807, 2.05) is 18.2 Å². The van der Waals surface area contributed by atoms with Crippen LogP contribution in [0.1, 0.15) is 32.3 Å². The number of hydrogen-bond donors (Lipinski definition) is 0. The minimum absolute atomic E-state index is 0.252. The number of alkyl halides is 1. The van der Waals surface area contributed by atoms with E-state index in [0.29, 0.717) is 5.02 Å². The Bertz CT molecular complexity index is 310. The molecule has 0 spiro atoms. The molecule has 0 heterocycles. The SMILES string of the molecule is CCC(CC)Oc1c(Cl)cccc1CBr. The Morgan fingerprint density at radius 2 is 2.00 bits per heavy atom. The zero-order valence-electron chi connectivity index (χ0n) is 9.09. The second-order valence-corrected chi connectivity index (χ2v) is 4.39. The van der Waals surface area contributed by atoms with Crippen molar-refractivity contribution in [3.05, 3.63) is 28.8 Å². The first-order chi connectivity index (χ1) is 7.22. The van der Waals surface area contributed by atoms with Crippen molar-refractivity contribution in [2.75, 3.05) is 0 Å². The molecule has 0 aliphatic carbocycles. The second kappa shape index (κ2) is 6.39. The molecule has 0 aromatic heterocycles. The molecule has 15 heavy (non-hydrogen) atoms. The highest BCUT2D eigenvalue weighted by molar-refractivity contribution is 9.08. The summed E-state index contributed by atoms with van der Waals surface area (Å²) in [6, 6.07) is 5.84. The number of rotatable bonds is 5. The van der Waals surface area contributed by atoms with Gasteiger partial charge in [-0.3, -0.25) is 0 Å². The molecule has 0 bridgehead atoms. The molecule has 0 aliphatic heterocycles. The maximum Gasteiger partial charge on any atom is 0.142 e. The van der Waals surface area contributed by atoms with Crippen LogP contribution < -0.4 is 4.74 Å². The molecule has 3 heteroatoms. The van der Waals surface area contributed by atoms with Crippen LogP contribution in [-0.2, 0) is 5.33 Å². The molecular formula is C12H16BrClO. The molecule has 0 saturated heterocycles. The first kappa shape index (κ1) is 12.9. The van der Waals surface area contributed by atoms with Crippen LogP contribution in [0.2, 0.25) is 5.02 Å². The van der Waals surface area contributed by atoms with Crippen molar-refractivity contribution in [1.29, 1.82) is 0 Å². The summed E-state index contributed by atoms with van der Waals surface area (Å²) in [6.07, 6.45) is 2.26. The van der Waals surface area contributed by atoms with Crippen LogP contribution in [-0.4, -0.2) is 6.10 Å². The van der Waals surface area contributed by atoms with Crippen LogP contribution in [0.5, 0.6) is 5.75 Å². The molecule has 0 fully saturated rings. The number of halogens is 2. The van der Waals surface area contributed by atoms with Crippen LogP contribution in [0.15, 0.2) is 18.2 Å². The van der Waals surface area contributed by atoms with Crippen LogP contribution in [0.3, 0.4) is 0 Å². The Labute approximate surface area is 105 Å².